The minimum absolute atomic E-state index is 0.0159. The van der Waals surface area contributed by atoms with Gasteiger partial charge in [0.1, 0.15) is 19.3 Å². The number of nitrogens with one attached hydrogen (secondary N) is 1. The molecule has 1 saturated heterocycles. The van der Waals surface area contributed by atoms with Crippen LogP contribution in [0.25, 0.3) is 0 Å². The molecule has 1 aliphatic rings. The van der Waals surface area contributed by atoms with Crippen LogP contribution >= 0.6 is 0 Å². The lowest BCUT2D eigenvalue weighted by Crippen LogP contribution is -3.14. The van der Waals surface area contributed by atoms with Gasteiger partial charge in [-0.25, -0.2) is 0 Å². The molecular weight excluding hydrogens is 294 g/mol. The first-order valence-electron chi connectivity index (χ1n) is 8.33. The zero-order chi connectivity index (χ0) is 16.8. The Bertz CT molecular complexity index is 524. The molecule has 1 atom stereocenters. The van der Waals surface area contributed by atoms with Crippen LogP contribution in [-0.4, -0.2) is 50.3 Å². The number of piperidine rings is 1. The first-order chi connectivity index (χ1) is 11.0. The van der Waals surface area contributed by atoms with Gasteiger partial charge in [0.2, 0.25) is 0 Å². The Kier molecular flexibility index (Phi) is 6.42. The number of quaternary nitrogens is 1. The summed E-state index contributed by atoms with van der Waals surface area (Å²) in [5.41, 5.74) is 0.585. The lowest BCUT2D eigenvalue weighted by molar-refractivity contribution is -0.909. The third kappa shape index (κ3) is 5.22. The number of hydrogen-bond donors (Lipinski definition) is 2. The summed E-state index contributed by atoms with van der Waals surface area (Å²) in [5, 5.41) is 10.2. The van der Waals surface area contributed by atoms with Crippen molar-refractivity contribution in [2.24, 2.45) is 5.92 Å². The van der Waals surface area contributed by atoms with Crippen LogP contribution in [0.5, 0.6) is 11.5 Å². The van der Waals surface area contributed by atoms with Gasteiger partial charge in [-0.15, -0.1) is 0 Å². The van der Waals surface area contributed by atoms with Crippen LogP contribution in [0.3, 0.4) is 0 Å². The predicted molar refractivity (Wildman–Crippen MR) is 88.5 cm³/mol. The molecule has 0 aromatic heterocycles. The summed E-state index contributed by atoms with van der Waals surface area (Å²) in [4.78, 5) is 12.8. The van der Waals surface area contributed by atoms with Crippen molar-refractivity contribution in [3.63, 3.8) is 0 Å². The average Bonchev–Trinajstić information content (AvgIpc) is 2.54. The molecule has 2 N–H and O–H groups in total. The van der Waals surface area contributed by atoms with Gasteiger partial charge in [-0.1, -0.05) is 6.92 Å². The molecule has 0 bridgehead atoms. The van der Waals surface area contributed by atoms with Gasteiger partial charge in [-0.05, 0) is 43.9 Å². The number of benzene rings is 1. The normalized spacial score (nSPS) is 22.4. The zero-order valence-corrected chi connectivity index (χ0v) is 14.3. The average molecular weight is 322 g/mol. The van der Waals surface area contributed by atoms with Crippen molar-refractivity contribution in [2.75, 3.05) is 33.4 Å². The largest absolute Gasteiger partial charge is 0.493 e. The van der Waals surface area contributed by atoms with Crippen LogP contribution in [0.15, 0.2) is 18.2 Å². The Morgan fingerprint density at radius 1 is 1.35 bits per heavy atom. The van der Waals surface area contributed by atoms with E-state index < -0.39 is 6.10 Å². The number of Topliss-reactive ketones (excluding diaryl/α,β-unsaturated/α-hetero) is 1. The number of ketones is 1. The van der Waals surface area contributed by atoms with E-state index >= 15 is 0 Å². The zero-order valence-electron chi connectivity index (χ0n) is 14.3. The number of likely N-dealkylation sites (tertiary alicyclic amines) is 1. The Labute approximate surface area is 138 Å². The fourth-order valence-electron chi connectivity index (χ4n) is 2.96. The second-order valence-electron chi connectivity index (χ2n) is 6.52. The van der Waals surface area contributed by atoms with Crippen LogP contribution in [-0.2, 0) is 0 Å². The maximum absolute atomic E-state index is 11.4. The fourth-order valence-corrected chi connectivity index (χ4v) is 2.96. The van der Waals surface area contributed by atoms with Crippen molar-refractivity contribution in [3.8, 4) is 11.5 Å². The molecule has 2 rings (SSSR count). The molecule has 1 aromatic carbocycles. The molecule has 5 heteroatoms. The number of methoxy groups -OCH3 is 1. The summed E-state index contributed by atoms with van der Waals surface area (Å²) < 4.78 is 11.0. The lowest BCUT2D eigenvalue weighted by Gasteiger charge is -2.28. The highest BCUT2D eigenvalue weighted by atomic mass is 16.5. The second-order valence-corrected chi connectivity index (χ2v) is 6.52. The van der Waals surface area contributed by atoms with Crippen LogP contribution in [0.4, 0.5) is 0 Å². The van der Waals surface area contributed by atoms with Crippen LogP contribution in [0.2, 0.25) is 0 Å². The highest BCUT2D eigenvalue weighted by Crippen LogP contribution is 2.28. The number of hydrogen-bond acceptors (Lipinski definition) is 4. The molecular formula is C18H28NO4+. The van der Waals surface area contributed by atoms with Gasteiger partial charge in [-0.2, -0.15) is 0 Å². The van der Waals surface area contributed by atoms with E-state index in [2.05, 4.69) is 6.92 Å². The number of carbonyl (C=O) groups excluding carboxylic acids is 1. The summed E-state index contributed by atoms with van der Waals surface area (Å²) >= 11 is 0. The highest BCUT2D eigenvalue weighted by molar-refractivity contribution is 5.94. The molecule has 1 heterocycles. The number of rotatable bonds is 7. The van der Waals surface area contributed by atoms with E-state index in [1.807, 2.05) is 0 Å². The van der Waals surface area contributed by atoms with E-state index in [4.69, 9.17) is 9.47 Å². The van der Waals surface area contributed by atoms with Gasteiger partial charge in [0.25, 0.3) is 0 Å². The second kappa shape index (κ2) is 8.31. The summed E-state index contributed by atoms with van der Waals surface area (Å²) in [6, 6.07) is 5.10. The summed E-state index contributed by atoms with van der Waals surface area (Å²) in [5.74, 6) is 1.86. The number of carbonyl (C=O) groups is 1. The van der Waals surface area contributed by atoms with E-state index in [0.29, 0.717) is 23.6 Å². The van der Waals surface area contributed by atoms with Crippen molar-refractivity contribution in [1.29, 1.82) is 0 Å². The summed E-state index contributed by atoms with van der Waals surface area (Å²) in [6.07, 6.45) is 1.95. The Morgan fingerprint density at radius 2 is 2.04 bits per heavy atom. The van der Waals surface area contributed by atoms with E-state index in [1.54, 1.807) is 25.3 Å². The monoisotopic (exact) mass is 322 g/mol. The maximum Gasteiger partial charge on any atom is 0.161 e. The molecule has 5 nitrogen and oxygen atoms in total. The van der Waals surface area contributed by atoms with E-state index in [0.717, 1.165) is 19.0 Å². The first kappa shape index (κ1) is 17.8. The Hall–Kier alpha value is -1.59. The minimum atomic E-state index is -0.504. The maximum atomic E-state index is 11.4. The van der Waals surface area contributed by atoms with Crippen molar-refractivity contribution >= 4 is 5.78 Å². The van der Waals surface area contributed by atoms with Crippen molar-refractivity contribution in [3.05, 3.63) is 23.8 Å². The molecule has 1 aliphatic heterocycles. The van der Waals surface area contributed by atoms with Gasteiger partial charge < -0.3 is 19.5 Å². The Balaban J connectivity index is 1.86. The quantitative estimate of drug-likeness (QED) is 0.734. The van der Waals surface area contributed by atoms with Gasteiger partial charge >= 0.3 is 0 Å². The highest BCUT2D eigenvalue weighted by Gasteiger charge is 2.22. The third-order valence-electron chi connectivity index (χ3n) is 4.51. The van der Waals surface area contributed by atoms with Crippen LogP contribution in [0, 0.1) is 5.92 Å². The number of ether oxygens (including phenoxy) is 2. The van der Waals surface area contributed by atoms with E-state index in [-0.39, 0.29) is 12.4 Å². The van der Waals surface area contributed by atoms with E-state index in [1.165, 1.54) is 24.7 Å². The minimum Gasteiger partial charge on any atom is -0.493 e. The van der Waals surface area contributed by atoms with Gasteiger partial charge in [0, 0.05) is 5.56 Å². The molecule has 1 aromatic rings. The summed E-state index contributed by atoms with van der Waals surface area (Å²) in [7, 11) is 1.54. The molecule has 0 unspecified atom stereocenters. The van der Waals surface area contributed by atoms with Crippen molar-refractivity contribution in [2.45, 2.75) is 32.8 Å². The molecule has 0 saturated carbocycles. The first-order valence-corrected chi connectivity index (χ1v) is 8.33. The molecule has 0 aliphatic carbocycles. The smallest absolute Gasteiger partial charge is 0.161 e. The van der Waals surface area contributed by atoms with Crippen molar-refractivity contribution in [1.82, 2.24) is 0 Å². The molecule has 0 spiro atoms. The lowest BCUT2D eigenvalue weighted by atomic mass is 9.99. The number of aliphatic hydroxyl groups is 1. The van der Waals surface area contributed by atoms with Crippen molar-refractivity contribution < 1.29 is 24.3 Å². The van der Waals surface area contributed by atoms with E-state index in [9.17, 15) is 9.90 Å². The van der Waals surface area contributed by atoms with Gasteiger partial charge in [0.05, 0.1) is 20.2 Å². The standard InChI is InChI=1S/C18H27NO4/c1-13-6-8-19(9-7-13)11-16(21)12-23-17-5-4-15(14(2)20)10-18(17)22-3/h4-5,10,13,16,21H,6-9,11-12H2,1-3H3/p+1/t16-/m1/s1. The predicted octanol–water partition coefficient (Wildman–Crippen LogP) is 0.952. The molecule has 1 fully saturated rings. The third-order valence-corrected chi connectivity index (χ3v) is 4.51. The molecule has 23 heavy (non-hydrogen) atoms. The summed E-state index contributed by atoms with van der Waals surface area (Å²) in [6.45, 7) is 6.98. The molecule has 128 valence electrons. The fraction of sp³-hybridized carbons (Fsp3) is 0.611. The van der Waals surface area contributed by atoms with Crippen LogP contribution < -0.4 is 14.4 Å². The van der Waals surface area contributed by atoms with Gasteiger partial charge in [-0.3, -0.25) is 4.79 Å². The van der Waals surface area contributed by atoms with Gasteiger partial charge in [0.15, 0.2) is 17.3 Å². The SMILES string of the molecule is COc1cc(C(C)=O)ccc1OC[C@H](O)C[NH+]1CCC(C)CC1. The molecule has 0 radical (unpaired) electrons. The number of aliphatic hydroxyl groups excluding tert-OH is 1. The van der Waals surface area contributed by atoms with Crippen LogP contribution in [0.1, 0.15) is 37.0 Å². The topological polar surface area (TPSA) is 60.2 Å². The Morgan fingerprint density at radius 3 is 2.65 bits per heavy atom. The molecule has 0 amide bonds.